The zero-order chi connectivity index (χ0) is 13.5. The Hall–Kier alpha value is -2.18. The van der Waals surface area contributed by atoms with E-state index in [9.17, 15) is 0 Å². The molecular weight excluding hydrogens is 234 g/mol. The van der Waals surface area contributed by atoms with Gasteiger partial charge in [-0.1, -0.05) is 12.1 Å². The number of pyridine rings is 1. The highest BCUT2D eigenvalue weighted by molar-refractivity contribution is 5.34. The maximum Gasteiger partial charge on any atom is 0.0991 e. The summed E-state index contributed by atoms with van der Waals surface area (Å²) in [5, 5.41) is 12.4. The first-order chi connectivity index (χ1) is 9.29. The molecule has 1 aromatic heterocycles. The van der Waals surface area contributed by atoms with Crippen molar-refractivity contribution >= 4 is 0 Å². The summed E-state index contributed by atoms with van der Waals surface area (Å²) in [6, 6.07) is 14.2. The van der Waals surface area contributed by atoms with Crippen molar-refractivity contribution in [3.63, 3.8) is 0 Å². The van der Waals surface area contributed by atoms with E-state index in [-0.39, 0.29) is 6.04 Å². The first-order valence-electron chi connectivity index (χ1n) is 6.42. The summed E-state index contributed by atoms with van der Waals surface area (Å²) >= 11 is 0. The van der Waals surface area contributed by atoms with Gasteiger partial charge in [0.15, 0.2) is 0 Å². The highest BCUT2D eigenvalue weighted by Crippen LogP contribution is 2.13. The summed E-state index contributed by atoms with van der Waals surface area (Å²) in [5.41, 5.74) is 3.13. The maximum atomic E-state index is 8.89. The van der Waals surface area contributed by atoms with Gasteiger partial charge in [0.2, 0.25) is 0 Å². The molecule has 3 heteroatoms. The Morgan fingerprint density at radius 3 is 2.79 bits per heavy atom. The normalized spacial score (nSPS) is 11.8. The fourth-order valence-electron chi connectivity index (χ4n) is 1.98. The highest BCUT2D eigenvalue weighted by atomic mass is 14.9. The molecule has 19 heavy (non-hydrogen) atoms. The average molecular weight is 251 g/mol. The van der Waals surface area contributed by atoms with E-state index < -0.39 is 0 Å². The predicted molar refractivity (Wildman–Crippen MR) is 75.5 cm³/mol. The summed E-state index contributed by atoms with van der Waals surface area (Å²) < 4.78 is 0. The quantitative estimate of drug-likeness (QED) is 0.889. The molecule has 0 fully saturated rings. The lowest BCUT2D eigenvalue weighted by Gasteiger charge is -2.14. The lowest BCUT2D eigenvalue weighted by atomic mass is 10.1. The molecule has 0 bridgehead atoms. The van der Waals surface area contributed by atoms with Crippen molar-refractivity contribution in [2.75, 3.05) is 6.54 Å². The van der Waals surface area contributed by atoms with Gasteiger partial charge >= 0.3 is 0 Å². The number of nitriles is 1. The molecule has 0 aliphatic heterocycles. The van der Waals surface area contributed by atoms with Gasteiger partial charge in [0.1, 0.15) is 0 Å². The number of hydrogen-bond donors (Lipinski definition) is 1. The highest BCUT2D eigenvalue weighted by Gasteiger charge is 2.05. The van der Waals surface area contributed by atoms with Crippen LogP contribution >= 0.6 is 0 Å². The van der Waals surface area contributed by atoms with Gasteiger partial charge in [0.05, 0.1) is 11.6 Å². The van der Waals surface area contributed by atoms with Crippen LogP contribution < -0.4 is 5.32 Å². The fraction of sp³-hybridized carbons (Fsp3) is 0.250. The standard InChI is InChI=1S/C16H17N3/c1-13(16-4-2-3-15(11-16)12-17)19-10-7-14-5-8-18-9-6-14/h2-6,8-9,11,13,19H,7,10H2,1H3. The van der Waals surface area contributed by atoms with Gasteiger partial charge in [-0.05, 0) is 55.3 Å². The Bertz CT molecular complexity index is 558. The van der Waals surface area contributed by atoms with E-state index in [1.807, 2.05) is 48.8 Å². The van der Waals surface area contributed by atoms with Crippen LogP contribution in [0, 0.1) is 11.3 Å². The van der Waals surface area contributed by atoms with Gasteiger partial charge < -0.3 is 5.32 Å². The molecule has 0 radical (unpaired) electrons. The van der Waals surface area contributed by atoms with E-state index in [0.29, 0.717) is 5.56 Å². The summed E-state index contributed by atoms with van der Waals surface area (Å²) in [6.07, 6.45) is 4.61. The minimum absolute atomic E-state index is 0.245. The SMILES string of the molecule is CC(NCCc1ccncc1)c1cccc(C#N)c1. The second-order valence-corrected chi connectivity index (χ2v) is 4.52. The van der Waals surface area contributed by atoms with E-state index in [2.05, 4.69) is 23.3 Å². The molecule has 1 unspecified atom stereocenters. The smallest absolute Gasteiger partial charge is 0.0991 e. The van der Waals surface area contributed by atoms with Crippen molar-refractivity contribution in [1.82, 2.24) is 10.3 Å². The summed E-state index contributed by atoms with van der Waals surface area (Å²) in [4.78, 5) is 4.00. The summed E-state index contributed by atoms with van der Waals surface area (Å²) in [5.74, 6) is 0. The number of aromatic nitrogens is 1. The third-order valence-electron chi connectivity index (χ3n) is 3.13. The lowest BCUT2D eigenvalue weighted by molar-refractivity contribution is 0.576. The van der Waals surface area contributed by atoms with E-state index in [1.54, 1.807) is 0 Å². The lowest BCUT2D eigenvalue weighted by Crippen LogP contribution is -2.21. The van der Waals surface area contributed by atoms with E-state index in [0.717, 1.165) is 18.5 Å². The zero-order valence-corrected chi connectivity index (χ0v) is 11.0. The van der Waals surface area contributed by atoms with Gasteiger partial charge in [0.25, 0.3) is 0 Å². The van der Waals surface area contributed by atoms with Gasteiger partial charge in [-0.3, -0.25) is 4.98 Å². The molecule has 0 aliphatic carbocycles. The first kappa shape index (κ1) is 13.3. The minimum Gasteiger partial charge on any atom is -0.310 e. The molecule has 96 valence electrons. The van der Waals surface area contributed by atoms with Crippen LogP contribution in [0.1, 0.15) is 29.7 Å². The topological polar surface area (TPSA) is 48.7 Å². The van der Waals surface area contributed by atoms with Crippen LogP contribution in [-0.2, 0) is 6.42 Å². The van der Waals surface area contributed by atoms with Gasteiger partial charge in [0, 0.05) is 18.4 Å². The van der Waals surface area contributed by atoms with Gasteiger partial charge in [-0.15, -0.1) is 0 Å². The molecule has 0 saturated carbocycles. The molecule has 1 aromatic carbocycles. The van der Waals surface area contributed by atoms with Crippen LogP contribution in [0.2, 0.25) is 0 Å². The Kier molecular flexibility index (Phi) is 4.66. The molecule has 0 amide bonds. The Morgan fingerprint density at radius 2 is 2.05 bits per heavy atom. The Morgan fingerprint density at radius 1 is 1.26 bits per heavy atom. The fourth-order valence-corrected chi connectivity index (χ4v) is 1.98. The number of nitrogens with zero attached hydrogens (tertiary/aromatic N) is 2. The maximum absolute atomic E-state index is 8.89. The van der Waals surface area contributed by atoms with E-state index >= 15 is 0 Å². The monoisotopic (exact) mass is 251 g/mol. The zero-order valence-electron chi connectivity index (χ0n) is 11.0. The molecule has 1 heterocycles. The molecule has 3 nitrogen and oxygen atoms in total. The molecule has 0 saturated heterocycles. The van der Waals surface area contributed by atoms with Crippen LogP contribution in [0.15, 0.2) is 48.8 Å². The molecule has 0 spiro atoms. The van der Waals surface area contributed by atoms with Crippen LogP contribution in [0.4, 0.5) is 0 Å². The summed E-state index contributed by atoms with van der Waals surface area (Å²) in [6.45, 7) is 3.02. The number of nitrogens with one attached hydrogen (secondary N) is 1. The molecule has 1 N–H and O–H groups in total. The van der Waals surface area contributed by atoms with Crippen molar-refractivity contribution in [3.05, 3.63) is 65.5 Å². The average Bonchev–Trinajstić information content (AvgIpc) is 2.48. The van der Waals surface area contributed by atoms with Crippen molar-refractivity contribution in [1.29, 1.82) is 5.26 Å². The number of hydrogen-bond acceptors (Lipinski definition) is 3. The van der Waals surface area contributed by atoms with E-state index in [4.69, 9.17) is 5.26 Å². The van der Waals surface area contributed by atoms with Crippen molar-refractivity contribution in [3.8, 4) is 6.07 Å². The van der Waals surface area contributed by atoms with Gasteiger partial charge in [-0.25, -0.2) is 0 Å². The van der Waals surface area contributed by atoms with E-state index in [1.165, 1.54) is 5.56 Å². The molecule has 2 aromatic rings. The number of benzene rings is 1. The molecule has 2 rings (SSSR count). The van der Waals surface area contributed by atoms with Crippen LogP contribution in [0.5, 0.6) is 0 Å². The van der Waals surface area contributed by atoms with Crippen molar-refractivity contribution < 1.29 is 0 Å². The largest absolute Gasteiger partial charge is 0.310 e. The third-order valence-corrected chi connectivity index (χ3v) is 3.13. The molecule has 0 aliphatic rings. The Labute approximate surface area is 113 Å². The Balaban J connectivity index is 1.87. The van der Waals surface area contributed by atoms with Crippen molar-refractivity contribution in [2.45, 2.75) is 19.4 Å². The van der Waals surface area contributed by atoms with Crippen molar-refractivity contribution in [2.24, 2.45) is 0 Å². The molecular formula is C16H17N3. The minimum atomic E-state index is 0.245. The van der Waals surface area contributed by atoms with Crippen LogP contribution in [-0.4, -0.2) is 11.5 Å². The van der Waals surface area contributed by atoms with Gasteiger partial charge in [-0.2, -0.15) is 5.26 Å². The predicted octanol–water partition coefficient (Wildman–Crippen LogP) is 2.85. The van der Waals surface area contributed by atoms with Crippen LogP contribution in [0.3, 0.4) is 0 Å². The van der Waals surface area contributed by atoms with Crippen LogP contribution in [0.25, 0.3) is 0 Å². The number of rotatable bonds is 5. The second kappa shape index (κ2) is 6.67. The summed E-state index contributed by atoms with van der Waals surface area (Å²) in [7, 11) is 0. The second-order valence-electron chi connectivity index (χ2n) is 4.52. The molecule has 1 atom stereocenters. The first-order valence-corrected chi connectivity index (χ1v) is 6.42. The third kappa shape index (κ3) is 3.90.